The number of unbranched alkanes of at least 4 members (excludes halogenated alkanes) is 17. The van der Waals surface area contributed by atoms with Crippen LogP contribution in [0, 0.1) is 0 Å². The second-order valence-electron chi connectivity index (χ2n) is 9.38. The number of rotatable bonds is 26. The summed E-state index contributed by atoms with van der Waals surface area (Å²) in [4.78, 5) is 23.3. The van der Waals surface area contributed by atoms with Gasteiger partial charge in [0.2, 0.25) is 0 Å². The Morgan fingerprint density at radius 2 is 0.909 bits per heavy atom. The van der Waals surface area contributed by atoms with Crippen LogP contribution >= 0.6 is 0 Å². The zero-order valence-electron chi connectivity index (χ0n) is 21.9. The Kier molecular flexibility index (Phi) is 25.9. The maximum atomic E-state index is 11.7. The fraction of sp³-hybridized carbons (Fsp3) is 0.862. The summed E-state index contributed by atoms with van der Waals surface area (Å²) in [5, 5.41) is 0. The van der Waals surface area contributed by atoms with Crippen molar-refractivity contribution in [3.05, 3.63) is 12.7 Å². The summed E-state index contributed by atoms with van der Waals surface area (Å²) < 4.78 is 10.4. The van der Waals surface area contributed by atoms with E-state index in [4.69, 9.17) is 9.47 Å². The first-order valence-corrected chi connectivity index (χ1v) is 14.1. The molecule has 0 unspecified atom stereocenters. The summed E-state index contributed by atoms with van der Waals surface area (Å²) in [5.41, 5.74) is 0. The molecule has 0 aromatic rings. The normalized spacial score (nSPS) is 10.8. The van der Waals surface area contributed by atoms with Crippen molar-refractivity contribution >= 4 is 11.9 Å². The summed E-state index contributed by atoms with van der Waals surface area (Å²) in [6, 6.07) is 0. The van der Waals surface area contributed by atoms with E-state index < -0.39 is 0 Å². The molecule has 0 aromatic heterocycles. The number of esters is 2. The van der Waals surface area contributed by atoms with Gasteiger partial charge in [0.1, 0.15) is 0 Å². The van der Waals surface area contributed by atoms with Gasteiger partial charge in [-0.3, -0.25) is 9.59 Å². The highest BCUT2D eigenvalue weighted by molar-refractivity contribution is 5.70. The van der Waals surface area contributed by atoms with Crippen LogP contribution in [0.1, 0.15) is 148 Å². The van der Waals surface area contributed by atoms with E-state index in [1.807, 2.05) is 6.08 Å². The molecule has 0 radical (unpaired) electrons. The Morgan fingerprint density at radius 1 is 0.545 bits per heavy atom. The lowest BCUT2D eigenvalue weighted by molar-refractivity contribution is -0.146. The molecule has 0 spiro atoms. The van der Waals surface area contributed by atoms with Crippen molar-refractivity contribution in [2.75, 3.05) is 13.2 Å². The van der Waals surface area contributed by atoms with Crippen LogP contribution in [-0.4, -0.2) is 25.2 Å². The van der Waals surface area contributed by atoms with Crippen LogP contribution in [0.5, 0.6) is 0 Å². The lowest BCUT2D eigenvalue weighted by atomic mass is 10.0. The topological polar surface area (TPSA) is 52.6 Å². The van der Waals surface area contributed by atoms with Crippen molar-refractivity contribution in [3.63, 3.8) is 0 Å². The van der Waals surface area contributed by atoms with Gasteiger partial charge in [0.25, 0.3) is 0 Å². The molecule has 0 aliphatic rings. The molecule has 0 aliphatic carbocycles. The summed E-state index contributed by atoms with van der Waals surface area (Å²) in [6.45, 7) is 6.89. The SMILES string of the molecule is C=CCCCOC(=O)CCCCC(=O)OCCCCCCCCCCCCCCCCCC. The first kappa shape index (κ1) is 31.7. The molecule has 4 heteroatoms. The summed E-state index contributed by atoms with van der Waals surface area (Å²) in [5.74, 6) is -0.323. The predicted molar refractivity (Wildman–Crippen MR) is 139 cm³/mol. The van der Waals surface area contributed by atoms with Crippen LogP contribution in [0.3, 0.4) is 0 Å². The molecule has 0 aromatic carbocycles. The standard InChI is InChI=1S/C29H54O4/c1-3-5-7-8-9-10-11-12-13-14-15-16-17-18-19-23-27-33-29(31)25-21-20-24-28(30)32-26-22-6-4-2/h4H,2-3,5-27H2,1H3. The molecule has 194 valence electrons. The lowest BCUT2D eigenvalue weighted by Crippen LogP contribution is -2.08. The molecule has 0 N–H and O–H groups in total. The van der Waals surface area contributed by atoms with Crippen LogP contribution in [-0.2, 0) is 19.1 Å². The Balaban J connectivity index is 3.22. The van der Waals surface area contributed by atoms with Crippen molar-refractivity contribution in [1.82, 2.24) is 0 Å². The highest BCUT2D eigenvalue weighted by atomic mass is 16.5. The van der Waals surface area contributed by atoms with Crippen LogP contribution in [0.15, 0.2) is 12.7 Å². The summed E-state index contributed by atoms with van der Waals surface area (Å²) in [7, 11) is 0. The average Bonchev–Trinajstić information content (AvgIpc) is 2.81. The molecular weight excluding hydrogens is 412 g/mol. The predicted octanol–water partition coefficient (Wildman–Crippen LogP) is 8.86. The van der Waals surface area contributed by atoms with E-state index in [1.54, 1.807) is 0 Å². The number of hydrogen-bond acceptors (Lipinski definition) is 4. The van der Waals surface area contributed by atoms with Crippen molar-refractivity contribution in [2.45, 2.75) is 148 Å². The number of carbonyl (C=O) groups excluding carboxylic acids is 2. The Labute approximate surface area is 205 Å². The Hall–Kier alpha value is -1.32. The number of ether oxygens (including phenoxy) is 2. The van der Waals surface area contributed by atoms with Crippen LogP contribution in [0.4, 0.5) is 0 Å². The Bertz CT molecular complexity index is 447. The first-order chi connectivity index (χ1) is 16.2. The van der Waals surface area contributed by atoms with Gasteiger partial charge in [0.15, 0.2) is 0 Å². The number of allylic oxidation sites excluding steroid dienone is 1. The Morgan fingerprint density at radius 3 is 1.30 bits per heavy atom. The van der Waals surface area contributed by atoms with Crippen molar-refractivity contribution in [2.24, 2.45) is 0 Å². The molecule has 0 amide bonds. The second kappa shape index (κ2) is 26.9. The van der Waals surface area contributed by atoms with Gasteiger partial charge in [-0.25, -0.2) is 0 Å². The van der Waals surface area contributed by atoms with E-state index in [0.29, 0.717) is 38.9 Å². The van der Waals surface area contributed by atoms with E-state index in [0.717, 1.165) is 25.7 Å². The zero-order chi connectivity index (χ0) is 24.2. The minimum Gasteiger partial charge on any atom is -0.466 e. The first-order valence-electron chi connectivity index (χ1n) is 14.1. The van der Waals surface area contributed by atoms with Gasteiger partial charge in [0.05, 0.1) is 13.2 Å². The quantitative estimate of drug-likeness (QED) is 0.0725. The monoisotopic (exact) mass is 466 g/mol. The largest absolute Gasteiger partial charge is 0.466 e. The molecule has 0 saturated heterocycles. The lowest BCUT2D eigenvalue weighted by Gasteiger charge is -2.06. The van der Waals surface area contributed by atoms with Crippen LogP contribution < -0.4 is 0 Å². The minimum atomic E-state index is -0.180. The fourth-order valence-corrected chi connectivity index (χ4v) is 3.93. The third kappa shape index (κ3) is 26.8. The van der Waals surface area contributed by atoms with Crippen molar-refractivity contribution in [1.29, 1.82) is 0 Å². The molecule has 0 saturated carbocycles. The zero-order valence-corrected chi connectivity index (χ0v) is 21.9. The number of carbonyl (C=O) groups is 2. The average molecular weight is 467 g/mol. The molecule has 0 atom stereocenters. The highest BCUT2D eigenvalue weighted by Gasteiger charge is 2.06. The molecule has 0 heterocycles. The number of hydrogen-bond donors (Lipinski definition) is 0. The van der Waals surface area contributed by atoms with Crippen molar-refractivity contribution < 1.29 is 19.1 Å². The van der Waals surface area contributed by atoms with Crippen molar-refractivity contribution in [3.8, 4) is 0 Å². The van der Waals surface area contributed by atoms with Gasteiger partial charge in [-0.15, -0.1) is 6.58 Å². The van der Waals surface area contributed by atoms with Gasteiger partial charge < -0.3 is 9.47 Å². The molecule has 33 heavy (non-hydrogen) atoms. The summed E-state index contributed by atoms with van der Waals surface area (Å²) >= 11 is 0. The van der Waals surface area contributed by atoms with Gasteiger partial charge in [-0.2, -0.15) is 0 Å². The fourth-order valence-electron chi connectivity index (χ4n) is 3.93. The maximum Gasteiger partial charge on any atom is 0.305 e. The minimum absolute atomic E-state index is 0.143. The van der Waals surface area contributed by atoms with E-state index in [-0.39, 0.29) is 11.9 Å². The van der Waals surface area contributed by atoms with E-state index >= 15 is 0 Å². The highest BCUT2D eigenvalue weighted by Crippen LogP contribution is 2.14. The molecule has 0 aliphatic heterocycles. The van der Waals surface area contributed by atoms with Gasteiger partial charge in [-0.05, 0) is 32.1 Å². The van der Waals surface area contributed by atoms with Gasteiger partial charge >= 0.3 is 11.9 Å². The third-order valence-corrected chi connectivity index (χ3v) is 6.09. The third-order valence-electron chi connectivity index (χ3n) is 6.09. The van der Waals surface area contributed by atoms with Crippen LogP contribution in [0.2, 0.25) is 0 Å². The molecule has 4 nitrogen and oxygen atoms in total. The second-order valence-corrected chi connectivity index (χ2v) is 9.38. The molecule has 0 bridgehead atoms. The van der Waals surface area contributed by atoms with E-state index in [2.05, 4.69) is 13.5 Å². The smallest absolute Gasteiger partial charge is 0.305 e. The molecule has 0 rings (SSSR count). The van der Waals surface area contributed by atoms with Crippen LogP contribution in [0.25, 0.3) is 0 Å². The summed E-state index contributed by atoms with van der Waals surface area (Å²) in [6.07, 6.45) is 27.1. The maximum absolute atomic E-state index is 11.7. The van der Waals surface area contributed by atoms with Gasteiger partial charge in [0, 0.05) is 12.8 Å². The van der Waals surface area contributed by atoms with E-state index in [1.165, 1.54) is 89.9 Å². The van der Waals surface area contributed by atoms with E-state index in [9.17, 15) is 9.59 Å². The molecular formula is C29H54O4. The molecule has 0 fully saturated rings. The van der Waals surface area contributed by atoms with Gasteiger partial charge in [-0.1, -0.05) is 109 Å².